The Hall–Kier alpha value is -0.830. The summed E-state index contributed by atoms with van der Waals surface area (Å²) in [7, 11) is 0. The number of nitrogens with one attached hydrogen (secondary N) is 1. The van der Waals surface area contributed by atoms with Crippen molar-refractivity contribution in [1.29, 1.82) is 5.26 Å². The highest BCUT2D eigenvalue weighted by Gasteiger charge is 2.39. The van der Waals surface area contributed by atoms with Gasteiger partial charge in [-0.15, -0.1) is 0 Å². The Balaban J connectivity index is 2.55. The molecule has 3 nitrogen and oxygen atoms in total. The molecule has 6 heteroatoms. The van der Waals surface area contributed by atoms with Crippen molar-refractivity contribution in [2.24, 2.45) is 4.99 Å². The van der Waals surface area contributed by atoms with Crippen LogP contribution in [0.3, 0.4) is 0 Å². The molecule has 0 aliphatic heterocycles. The third kappa shape index (κ3) is 3.14. The standard InChI is InChI=1S/C8H11F2N3S/c1-14-7(12-5-11)13-6-2-3-8(9,10)4-6/h6H,2-4H2,1H3,(H,12,13). The quantitative estimate of drug-likeness (QED) is 0.317. The number of hydrogen-bond acceptors (Lipinski definition) is 3. The average molecular weight is 219 g/mol. The first kappa shape index (κ1) is 11.2. The Morgan fingerprint density at radius 2 is 2.43 bits per heavy atom. The zero-order valence-corrected chi connectivity index (χ0v) is 8.57. The predicted octanol–water partition coefficient (Wildman–Crippen LogP) is 1.96. The molecule has 0 amide bonds. The van der Waals surface area contributed by atoms with Crippen molar-refractivity contribution < 1.29 is 8.78 Å². The molecule has 0 spiro atoms. The van der Waals surface area contributed by atoms with E-state index in [1.165, 1.54) is 11.8 Å². The van der Waals surface area contributed by atoms with E-state index in [2.05, 4.69) is 10.3 Å². The summed E-state index contributed by atoms with van der Waals surface area (Å²) in [5.74, 6) is -2.58. The number of hydrogen-bond donors (Lipinski definition) is 1. The molecule has 1 saturated carbocycles. The molecule has 1 N–H and O–H groups in total. The van der Waals surface area contributed by atoms with Crippen molar-refractivity contribution in [3.8, 4) is 6.19 Å². The molecular weight excluding hydrogens is 208 g/mol. The van der Waals surface area contributed by atoms with Gasteiger partial charge in [0, 0.05) is 12.8 Å². The number of thioether (sulfide) groups is 1. The monoisotopic (exact) mass is 219 g/mol. The van der Waals surface area contributed by atoms with E-state index in [9.17, 15) is 8.78 Å². The van der Waals surface area contributed by atoms with Crippen LogP contribution in [0.15, 0.2) is 4.99 Å². The van der Waals surface area contributed by atoms with Gasteiger partial charge in [-0.3, -0.25) is 10.3 Å². The summed E-state index contributed by atoms with van der Waals surface area (Å²) in [4.78, 5) is 4.05. The lowest BCUT2D eigenvalue weighted by molar-refractivity contribution is 0.00809. The van der Waals surface area contributed by atoms with Gasteiger partial charge in [0.2, 0.25) is 5.92 Å². The highest BCUT2D eigenvalue weighted by atomic mass is 32.2. The van der Waals surface area contributed by atoms with Gasteiger partial charge in [0.05, 0.1) is 6.04 Å². The number of halogens is 2. The van der Waals surface area contributed by atoms with Gasteiger partial charge in [-0.1, -0.05) is 11.8 Å². The molecule has 0 aromatic rings. The molecule has 1 fully saturated rings. The molecule has 14 heavy (non-hydrogen) atoms. The van der Waals surface area contributed by atoms with E-state index < -0.39 is 5.92 Å². The van der Waals surface area contributed by atoms with Crippen LogP contribution >= 0.6 is 11.8 Å². The van der Waals surface area contributed by atoms with Gasteiger partial charge >= 0.3 is 0 Å². The smallest absolute Gasteiger partial charge is 0.250 e. The second-order valence-corrected chi connectivity index (χ2v) is 3.92. The van der Waals surface area contributed by atoms with Crippen LogP contribution in [0.5, 0.6) is 0 Å². The van der Waals surface area contributed by atoms with E-state index in [1.807, 2.05) is 0 Å². The Bertz CT molecular complexity index is 272. The van der Waals surface area contributed by atoms with Crippen LogP contribution in [0, 0.1) is 11.5 Å². The second-order valence-electron chi connectivity index (χ2n) is 3.13. The van der Waals surface area contributed by atoms with Crippen LogP contribution in [0.1, 0.15) is 19.3 Å². The lowest BCUT2D eigenvalue weighted by Gasteiger charge is -2.07. The van der Waals surface area contributed by atoms with Crippen molar-refractivity contribution in [2.75, 3.05) is 6.26 Å². The zero-order valence-electron chi connectivity index (χ0n) is 7.76. The van der Waals surface area contributed by atoms with Gasteiger partial charge in [0.1, 0.15) is 0 Å². The summed E-state index contributed by atoms with van der Waals surface area (Å²) in [6.07, 6.45) is 3.56. The van der Waals surface area contributed by atoms with E-state index >= 15 is 0 Å². The van der Waals surface area contributed by atoms with E-state index in [0.29, 0.717) is 11.6 Å². The first-order valence-corrected chi connectivity index (χ1v) is 5.44. The van der Waals surface area contributed by atoms with Gasteiger partial charge in [0.15, 0.2) is 11.4 Å². The number of nitriles is 1. The van der Waals surface area contributed by atoms with Gasteiger partial charge < -0.3 is 0 Å². The lowest BCUT2D eigenvalue weighted by Crippen LogP contribution is -2.17. The van der Waals surface area contributed by atoms with Crippen LogP contribution < -0.4 is 5.32 Å². The fraction of sp³-hybridized carbons (Fsp3) is 0.750. The number of rotatable bonds is 1. The fourth-order valence-corrected chi connectivity index (χ4v) is 1.79. The molecule has 0 heterocycles. The third-order valence-electron chi connectivity index (χ3n) is 2.03. The first-order valence-electron chi connectivity index (χ1n) is 4.22. The van der Waals surface area contributed by atoms with Crippen molar-refractivity contribution >= 4 is 16.9 Å². The van der Waals surface area contributed by atoms with Gasteiger partial charge in [-0.05, 0) is 12.7 Å². The first-order chi connectivity index (χ1) is 6.57. The maximum atomic E-state index is 12.8. The molecule has 1 aliphatic carbocycles. The van der Waals surface area contributed by atoms with Crippen molar-refractivity contribution in [2.45, 2.75) is 31.2 Å². The van der Waals surface area contributed by atoms with E-state index in [0.717, 1.165) is 0 Å². The van der Waals surface area contributed by atoms with Gasteiger partial charge in [-0.2, -0.15) is 5.26 Å². The van der Waals surface area contributed by atoms with Gasteiger partial charge in [0.25, 0.3) is 0 Å². The van der Waals surface area contributed by atoms with Crippen molar-refractivity contribution in [3.63, 3.8) is 0 Å². The molecule has 0 radical (unpaired) electrons. The fourth-order valence-electron chi connectivity index (χ4n) is 1.39. The van der Waals surface area contributed by atoms with Crippen LogP contribution in [-0.2, 0) is 0 Å². The number of amidine groups is 1. The largest absolute Gasteiger partial charge is 0.272 e. The molecule has 0 saturated heterocycles. The average Bonchev–Trinajstić information content (AvgIpc) is 2.45. The molecular formula is C8H11F2N3S. The van der Waals surface area contributed by atoms with Gasteiger partial charge in [-0.25, -0.2) is 8.78 Å². The Morgan fingerprint density at radius 1 is 1.71 bits per heavy atom. The third-order valence-corrected chi connectivity index (χ3v) is 2.63. The van der Waals surface area contributed by atoms with Crippen LogP contribution in [0.2, 0.25) is 0 Å². The summed E-state index contributed by atoms with van der Waals surface area (Å²) >= 11 is 1.25. The minimum absolute atomic E-state index is 0.102. The maximum Gasteiger partial charge on any atom is 0.250 e. The number of nitrogens with zero attached hydrogens (tertiary/aromatic N) is 2. The topological polar surface area (TPSA) is 48.2 Å². The lowest BCUT2D eigenvalue weighted by atomic mass is 10.2. The minimum Gasteiger partial charge on any atom is -0.272 e. The summed E-state index contributed by atoms with van der Waals surface area (Å²) in [6.45, 7) is 0. The van der Waals surface area contributed by atoms with E-state index in [1.54, 1.807) is 12.4 Å². The molecule has 1 unspecified atom stereocenters. The van der Waals surface area contributed by atoms with Crippen LogP contribution in [0.25, 0.3) is 0 Å². The minimum atomic E-state index is -2.58. The molecule has 78 valence electrons. The van der Waals surface area contributed by atoms with E-state index in [-0.39, 0.29) is 18.9 Å². The Labute approximate surface area is 85.6 Å². The maximum absolute atomic E-state index is 12.8. The molecule has 1 rings (SSSR count). The molecule has 0 aromatic carbocycles. The Kier molecular flexibility index (Phi) is 3.69. The summed E-state index contributed by atoms with van der Waals surface area (Å²) in [5, 5.41) is 11.1. The van der Waals surface area contributed by atoms with Crippen molar-refractivity contribution in [3.05, 3.63) is 0 Å². The highest BCUT2D eigenvalue weighted by Crippen LogP contribution is 2.36. The second kappa shape index (κ2) is 4.60. The van der Waals surface area contributed by atoms with Crippen molar-refractivity contribution in [1.82, 2.24) is 5.32 Å². The van der Waals surface area contributed by atoms with Crippen LogP contribution in [0.4, 0.5) is 8.78 Å². The predicted molar refractivity (Wildman–Crippen MR) is 52.3 cm³/mol. The van der Waals surface area contributed by atoms with Crippen LogP contribution in [-0.4, -0.2) is 23.4 Å². The molecule has 1 atom stereocenters. The Morgan fingerprint density at radius 3 is 2.86 bits per heavy atom. The number of aliphatic imine (C=N–C) groups is 1. The molecule has 1 aliphatic rings. The summed E-state index contributed by atoms with van der Waals surface area (Å²) in [5.41, 5.74) is 0. The normalized spacial score (nSPS) is 25.9. The highest BCUT2D eigenvalue weighted by molar-refractivity contribution is 8.13. The molecule has 0 aromatic heterocycles. The number of alkyl halides is 2. The summed E-state index contributed by atoms with van der Waals surface area (Å²) < 4.78 is 25.5. The summed E-state index contributed by atoms with van der Waals surface area (Å²) in [6, 6.07) is -0.353. The zero-order chi connectivity index (χ0) is 10.6. The SMILES string of the molecule is CSC(=NC1CCC(F)(F)C1)NC#N. The molecule has 0 bridgehead atoms. The van der Waals surface area contributed by atoms with E-state index in [4.69, 9.17) is 5.26 Å².